The smallest absolute Gasteiger partial charge is 0.0767 e. The van der Waals surface area contributed by atoms with Gasteiger partial charge in [-0.3, -0.25) is 4.68 Å². The molecule has 0 bridgehead atoms. The molecule has 0 aliphatic heterocycles. The highest BCUT2D eigenvalue weighted by Gasteiger charge is 2.13. The van der Waals surface area contributed by atoms with E-state index in [-0.39, 0.29) is 0 Å². The highest BCUT2D eigenvalue weighted by molar-refractivity contribution is 9.10. The molecule has 0 saturated heterocycles. The number of benzene rings is 1. The molecule has 3 nitrogen and oxygen atoms in total. The minimum atomic E-state index is 0.640. The SMILES string of the molecule is CCc1nn(CC)c(CNc2cc(Cl)ccc2Cl)c1Br. The van der Waals surface area contributed by atoms with Crippen LogP contribution >= 0.6 is 39.1 Å². The standard InChI is InChI=1S/C14H16BrCl2N3/c1-3-11-14(15)13(20(4-2)19-11)8-18-12-7-9(16)5-6-10(12)17/h5-7,18H,3-4,8H2,1-2H3. The Labute approximate surface area is 137 Å². The average molecular weight is 377 g/mol. The summed E-state index contributed by atoms with van der Waals surface area (Å²) in [6.45, 7) is 5.65. The van der Waals surface area contributed by atoms with Crippen LogP contribution in [0.5, 0.6) is 0 Å². The van der Waals surface area contributed by atoms with Gasteiger partial charge in [0.05, 0.1) is 33.1 Å². The zero-order valence-corrected chi connectivity index (χ0v) is 14.5. The van der Waals surface area contributed by atoms with E-state index in [2.05, 4.69) is 40.2 Å². The lowest BCUT2D eigenvalue weighted by Gasteiger charge is -2.10. The summed E-state index contributed by atoms with van der Waals surface area (Å²) in [5.41, 5.74) is 3.01. The fraction of sp³-hybridized carbons (Fsp3) is 0.357. The second-order valence-corrected chi connectivity index (χ2v) is 5.99. The second kappa shape index (κ2) is 6.83. The fourth-order valence-electron chi connectivity index (χ4n) is 2.00. The number of halogens is 3. The van der Waals surface area contributed by atoms with E-state index >= 15 is 0 Å². The van der Waals surface area contributed by atoms with Crippen LogP contribution in [0.3, 0.4) is 0 Å². The summed E-state index contributed by atoms with van der Waals surface area (Å²) >= 11 is 15.8. The molecular weight excluding hydrogens is 361 g/mol. The third kappa shape index (κ3) is 3.30. The first kappa shape index (κ1) is 15.7. The van der Waals surface area contributed by atoms with E-state index in [4.69, 9.17) is 23.2 Å². The Bertz CT molecular complexity index is 611. The Balaban J connectivity index is 2.22. The van der Waals surface area contributed by atoms with Crippen molar-refractivity contribution < 1.29 is 0 Å². The maximum absolute atomic E-state index is 6.15. The third-order valence-electron chi connectivity index (χ3n) is 3.07. The summed E-state index contributed by atoms with van der Waals surface area (Å²) in [5, 5.41) is 9.20. The summed E-state index contributed by atoms with van der Waals surface area (Å²) in [6.07, 6.45) is 0.901. The van der Waals surface area contributed by atoms with Gasteiger partial charge in [-0.05, 0) is 47.5 Å². The monoisotopic (exact) mass is 375 g/mol. The normalized spacial score (nSPS) is 10.8. The molecule has 0 amide bonds. The largest absolute Gasteiger partial charge is 0.378 e. The minimum absolute atomic E-state index is 0.640. The van der Waals surface area contributed by atoms with E-state index < -0.39 is 0 Å². The molecule has 108 valence electrons. The Hall–Kier alpha value is -0.710. The molecule has 0 aliphatic rings. The molecule has 0 fully saturated rings. The van der Waals surface area contributed by atoms with Crippen molar-refractivity contribution in [3.63, 3.8) is 0 Å². The van der Waals surface area contributed by atoms with Gasteiger partial charge in [-0.15, -0.1) is 0 Å². The Morgan fingerprint density at radius 2 is 2.05 bits per heavy atom. The van der Waals surface area contributed by atoms with Crippen LogP contribution in [0.4, 0.5) is 5.69 Å². The summed E-state index contributed by atoms with van der Waals surface area (Å²) in [7, 11) is 0. The molecule has 0 aliphatic carbocycles. The number of rotatable bonds is 5. The van der Waals surface area contributed by atoms with Crippen LogP contribution in [0.15, 0.2) is 22.7 Å². The molecule has 6 heteroatoms. The number of anilines is 1. The van der Waals surface area contributed by atoms with Crippen LogP contribution < -0.4 is 5.32 Å². The molecular formula is C14H16BrCl2N3. The Morgan fingerprint density at radius 1 is 1.30 bits per heavy atom. The van der Waals surface area contributed by atoms with Crippen LogP contribution in [0.25, 0.3) is 0 Å². The van der Waals surface area contributed by atoms with Gasteiger partial charge in [-0.1, -0.05) is 30.1 Å². The quantitative estimate of drug-likeness (QED) is 0.782. The summed E-state index contributed by atoms with van der Waals surface area (Å²) in [5.74, 6) is 0. The first-order chi connectivity index (χ1) is 9.56. The van der Waals surface area contributed by atoms with Gasteiger partial charge < -0.3 is 5.32 Å². The molecule has 0 saturated carbocycles. The van der Waals surface area contributed by atoms with E-state index in [0.717, 1.165) is 34.5 Å². The highest BCUT2D eigenvalue weighted by atomic mass is 79.9. The van der Waals surface area contributed by atoms with Gasteiger partial charge in [0.2, 0.25) is 0 Å². The third-order valence-corrected chi connectivity index (χ3v) is 4.55. The van der Waals surface area contributed by atoms with Crippen LogP contribution in [0, 0.1) is 0 Å². The van der Waals surface area contributed by atoms with Crippen molar-refractivity contribution in [3.05, 3.63) is 44.1 Å². The number of aryl methyl sites for hydroxylation is 2. The molecule has 1 aromatic carbocycles. The minimum Gasteiger partial charge on any atom is -0.378 e. The van der Waals surface area contributed by atoms with Crippen molar-refractivity contribution in [1.29, 1.82) is 0 Å². The molecule has 0 atom stereocenters. The lowest BCUT2D eigenvalue weighted by molar-refractivity contribution is 0.619. The lowest BCUT2D eigenvalue weighted by atomic mass is 10.3. The van der Waals surface area contributed by atoms with Crippen LogP contribution in [0.1, 0.15) is 25.2 Å². The lowest BCUT2D eigenvalue weighted by Crippen LogP contribution is -2.08. The number of nitrogens with zero attached hydrogens (tertiary/aromatic N) is 2. The molecule has 0 radical (unpaired) electrons. The van der Waals surface area contributed by atoms with Crippen molar-refractivity contribution in [2.45, 2.75) is 33.4 Å². The first-order valence-corrected chi connectivity index (χ1v) is 8.04. The van der Waals surface area contributed by atoms with E-state index in [1.807, 2.05) is 10.7 Å². The average Bonchev–Trinajstić information content (AvgIpc) is 2.75. The molecule has 1 aromatic heterocycles. The van der Waals surface area contributed by atoms with Gasteiger partial charge >= 0.3 is 0 Å². The second-order valence-electron chi connectivity index (χ2n) is 4.35. The van der Waals surface area contributed by atoms with Gasteiger partial charge in [-0.2, -0.15) is 5.10 Å². The van der Waals surface area contributed by atoms with E-state index in [1.54, 1.807) is 12.1 Å². The first-order valence-electron chi connectivity index (χ1n) is 6.49. The summed E-state index contributed by atoms with van der Waals surface area (Å²) in [4.78, 5) is 0. The summed E-state index contributed by atoms with van der Waals surface area (Å²) in [6, 6.07) is 5.39. The number of aromatic nitrogens is 2. The molecule has 1 heterocycles. The van der Waals surface area contributed by atoms with Crippen LogP contribution in [0.2, 0.25) is 10.0 Å². The van der Waals surface area contributed by atoms with Crippen molar-refractivity contribution in [2.75, 3.05) is 5.32 Å². The van der Waals surface area contributed by atoms with Gasteiger partial charge in [0.15, 0.2) is 0 Å². The van der Waals surface area contributed by atoms with E-state index in [1.165, 1.54) is 0 Å². The van der Waals surface area contributed by atoms with Gasteiger partial charge in [0.1, 0.15) is 0 Å². The van der Waals surface area contributed by atoms with E-state index in [9.17, 15) is 0 Å². The fourth-order valence-corrected chi connectivity index (χ4v) is 3.06. The molecule has 1 N–H and O–H groups in total. The predicted octanol–water partition coefficient (Wildman–Crippen LogP) is 5.15. The van der Waals surface area contributed by atoms with E-state index in [0.29, 0.717) is 16.6 Å². The van der Waals surface area contributed by atoms with Gasteiger partial charge in [-0.25, -0.2) is 0 Å². The maximum Gasteiger partial charge on any atom is 0.0767 e. The van der Waals surface area contributed by atoms with Crippen LogP contribution in [-0.4, -0.2) is 9.78 Å². The number of nitrogens with one attached hydrogen (secondary N) is 1. The maximum atomic E-state index is 6.15. The van der Waals surface area contributed by atoms with Crippen LogP contribution in [-0.2, 0) is 19.5 Å². The predicted molar refractivity (Wildman–Crippen MR) is 88.8 cm³/mol. The Kier molecular flexibility index (Phi) is 5.35. The molecule has 2 rings (SSSR count). The molecule has 0 spiro atoms. The summed E-state index contributed by atoms with van der Waals surface area (Å²) < 4.78 is 3.06. The highest BCUT2D eigenvalue weighted by Crippen LogP contribution is 2.28. The van der Waals surface area contributed by atoms with Gasteiger partial charge in [0, 0.05) is 11.6 Å². The van der Waals surface area contributed by atoms with Crippen molar-refractivity contribution in [1.82, 2.24) is 9.78 Å². The van der Waals surface area contributed by atoms with Gasteiger partial charge in [0.25, 0.3) is 0 Å². The topological polar surface area (TPSA) is 29.9 Å². The molecule has 2 aromatic rings. The number of hydrogen-bond donors (Lipinski definition) is 1. The zero-order chi connectivity index (χ0) is 14.7. The van der Waals surface area contributed by atoms with Crippen molar-refractivity contribution in [3.8, 4) is 0 Å². The number of hydrogen-bond acceptors (Lipinski definition) is 2. The van der Waals surface area contributed by atoms with Crippen molar-refractivity contribution in [2.24, 2.45) is 0 Å². The zero-order valence-electron chi connectivity index (χ0n) is 11.4. The molecule has 0 unspecified atom stereocenters. The Morgan fingerprint density at radius 3 is 2.70 bits per heavy atom. The van der Waals surface area contributed by atoms with Crippen molar-refractivity contribution >= 4 is 44.8 Å². The molecule has 20 heavy (non-hydrogen) atoms.